The summed E-state index contributed by atoms with van der Waals surface area (Å²) in [6, 6.07) is 18.2. The van der Waals surface area contributed by atoms with Crippen LogP contribution in [0, 0.1) is 0 Å². The molecule has 0 aromatic heterocycles. The molecule has 3 aromatic carbocycles. The van der Waals surface area contributed by atoms with Gasteiger partial charge in [0, 0.05) is 29.9 Å². The van der Waals surface area contributed by atoms with Gasteiger partial charge in [-0.15, -0.1) is 0 Å². The van der Waals surface area contributed by atoms with Gasteiger partial charge in [0.25, 0.3) is 11.8 Å². The first-order valence-electron chi connectivity index (χ1n) is 12.4. The molecule has 0 saturated carbocycles. The fourth-order valence-corrected chi connectivity index (χ4v) is 5.59. The summed E-state index contributed by atoms with van der Waals surface area (Å²) in [6.07, 6.45) is 5.17. The fourth-order valence-electron chi connectivity index (χ4n) is 5.31. The predicted molar refractivity (Wildman–Crippen MR) is 146 cm³/mol. The molecule has 0 radical (unpaired) electrons. The molecule has 0 atom stereocenters. The third-order valence-corrected chi connectivity index (χ3v) is 7.28. The number of nitrogens with one attached hydrogen (secondary N) is 1. The number of nitrogens with zero attached hydrogens (tertiary/aromatic N) is 2. The lowest BCUT2D eigenvalue weighted by molar-refractivity contribution is -0.122. The molecule has 37 heavy (non-hydrogen) atoms. The van der Waals surface area contributed by atoms with Crippen LogP contribution in [-0.2, 0) is 22.4 Å². The van der Waals surface area contributed by atoms with E-state index in [1.54, 1.807) is 24.3 Å². The van der Waals surface area contributed by atoms with Crippen LogP contribution < -0.4 is 19.9 Å². The maximum absolute atomic E-state index is 13.5. The van der Waals surface area contributed by atoms with Gasteiger partial charge in [-0.3, -0.25) is 19.8 Å². The number of phenols is 1. The minimum Gasteiger partial charge on any atom is -0.507 e. The van der Waals surface area contributed by atoms with Gasteiger partial charge in [-0.1, -0.05) is 18.2 Å². The van der Waals surface area contributed by atoms with Crippen LogP contribution in [0.15, 0.2) is 66.2 Å². The number of hydrogen-bond donors (Lipinski definition) is 2. The molecule has 0 spiro atoms. The van der Waals surface area contributed by atoms with E-state index in [0.717, 1.165) is 55.6 Å². The Morgan fingerprint density at radius 2 is 1.65 bits per heavy atom. The Hall–Kier alpha value is -4.17. The number of anilines is 2. The van der Waals surface area contributed by atoms with Crippen molar-refractivity contribution in [3.63, 3.8) is 0 Å². The number of ether oxygens (including phenoxy) is 1. The Morgan fingerprint density at radius 3 is 2.41 bits per heavy atom. The topological polar surface area (TPSA) is 82.1 Å². The molecule has 0 bridgehead atoms. The maximum atomic E-state index is 13.5. The van der Waals surface area contributed by atoms with Crippen LogP contribution >= 0.6 is 12.2 Å². The lowest BCUT2D eigenvalue weighted by Crippen LogP contribution is -2.54. The van der Waals surface area contributed by atoms with Crippen molar-refractivity contribution in [3.8, 4) is 17.2 Å². The Labute approximate surface area is 220 Å². The molecule has 2 amide bonds. The number of thiocarbonyl (C=S) groups is 1. The van der Waals surface area contributed by atoms with Gasteiger partial charge in [0.2, 0.25) is 0 Å². The highest BCUT2D eigenvalue weighted by molar-refractivity contribution is 7.80. The monoisotopic (exact) mass is 511 g/mol. The average Bonchev–Trinajstić information content (AvgIpc) is 2.90. The van der Waals surface area contributed by atoms with E-state index >= 15 is 0 Å². The smallest absolute Gasteiger partial charge is 0.270 e. The molecule has 3 aliphatic heterocycles. The summed E-state index contributed by atoms with van der Waals surface area (Å²) < 4.78 is 5.84. The number of amides is 2. The summed E-state index contributed by atoms with van der Waals surface area (Å²) >= 11 is 5.34. The first-order valence-corrected chi connectivity index (χ1v) is 12.8. The molecule has 3 heterocycles. The van der Waals surface area contributed by atoms with Gasteiger partial charge in [0.05, 0.1) is 5.69 Å². The number of carbonyl (C=O) groups excluding carboxylic acids is 2. The summed E-state index contributed by atoms with van der Waals surface area (Å²) in [5, 5.41) is 13.7. The molecule has 1 fully saturated rings. The quantitative estimate of drug-likeness (QED) is 0.300. The zero-order valence-electron chi connectivity index (χ0n) is 20.1. The van der Waals surface area contributed by atoms with Gasteiger partial charge in [-0.2, -0.15) is 0 Å². The third kappa shape index (κ3) is 4.23. The van der Waals surface area contributed by atoms with Crippen molar-refractivity contribution in [2.24, 2.45) is 0 Å². The fraction of sp³-hybridized carbons (Fsp3) is 0.207. The normalized spacial score (nSPS) is 18.1. The zero-order valence-corrected chi connectivity index (χ0v) is 20.9. The molecule has 1 saturated heterocycles. The van der Waals surface area contributed by atoms with Crippen LogP contribution in [0.3, 0.4) is 0 Å². The van der Waals surface area contributed by atoms with E-state index in [9.17, 15) is 14.7 Å². The van der Waals surface area contributed by atoms with Crippen molar-refractivity contribution in [2.45, 2.75) is 25.7 Å². The second kappa shape index (κ2) is 9.37. The number of phenolic OH excluding ortho intramolecular Hbond substituents is 1. The summed E-state index contributed by atoms with van der Waals surface area (Å²) in [6.45, 7) is 1.98. The van der Waals surface area contributed by atoms with Crippen LogP contribution in [-0.4, -0.2) is 35.1 Å². The predicted octanol–water partition coefficient (Wildman–Crippen LogP) is 4.71. The molecule has 0 aliphatic carbocycles. The number of carbonyl (C=O) groups is 2. The SMILES string of the molecule is O=C1NC(=S)N(c2ccc(Oc3ccccc3)cc2)C(=O)C1=Cc1cc2c3c(c1O)CCCN3CCC2. The van der Waals surface area contributed by atoms with Crippen LogP contribution in [0.1, 0.15) is 29.5 Å². The number of aromatic hydroxyl groups is 1. The van der Waals surface area contributed by atoms with Crippen LogP contribution in [0.25, 0.3) is 6.08 Å². The van der Waals surface area contributed by atoms with Crippen molar-refractivity contribution < 1.29 is 19.4 Å². The molecular formula is C29H25N3O4S. The van der Waals surface area contributed by atoms with Gasteiger partial charge >= 0.3 is 0 Å². The highest BCUT2D eigenvalue weighted by Crippen LogP contribution is 2.42. The number of rotatable bonds is 4. The van der Waals surface area contributed by atoms with Gasteiger partial charge in [0.1, 0.15) is 22.8 Å². The first kappa shape index (κ1) is 23.2. The van der Waals surface area contributed by atoms with Gasteiger partial charge < -0.3 is 14.7 Å². The van der Waals surface area contributed by atoms with Crippen LogP contribution in [0.5, 0.6) is 17.2 Å². The molecule has 186 valence electrons. The van der Waals surface area contributed by atoms with E-state index in [-0.39, 0.29) is 16.4 Å². The van der Waals surface area contributed by atoms with Crippen molar-refractivity contribution in [3.05, 3.63) is 82.9 Å². The molecule has 3 aliphatic rings. The molecular weight excluding hydrogens is 486 g/mol. The maximum Gasteiger partial charge on any atom is 0.270 e. The molecule has 2 N–H and O–H groups in total. The molecule has 0 unspecified atom stereocenters. The number of hydrogen-bond acceptors (Lipinski definition) is 6. The lowest BCUT2D eigenvalue weighted by atomic mass is 9.88. The second-order valence-electron chi connectivity index (χ2n) is 9.36. The Balaban J connectivity index is 1.32. The van der Waals surface area contributed by atoms with Crippen molar-refractivity contribution in [1.29, 1.82) is 0 Å². The zero-order chi connectivity index (χ0) is 25.5. The number of aryl methyl sites for hydroxylation is 1. The highest BCUT2D eigenvalue weighted by atomic mass is 32.1. The molecule has 8 heteroatoms. The highest BCUT2D eigenvalue weighted by Gasteiger charge is 2.35. The summed E-state index contributed by atoms with van der Waals surface area (Å²) in [4.78, 5) is 30.0. The van der Waals surface area contributed by atoms with E-state index < -0.39 is 11.8 Å². The van der Waals surface area contributed by atoms with E-state index in [1.807, 2.05) is 36.4 Å². The Morgan fingerprint density at radius 1 is 0.946 bits per heavy atom. The lowest BCUT2D eigenvalue weighted by Gasteiger charge is -2.37. The number of benzene rings is 3. The Bertz CT molecular complexity index is 1450. The molecule has 6 rings (SSSR count). The molecule has 7 nitrogen and oxygen atoms in total. The Kier molecular flexibility index (Phi) is 5.88. The minimum atomic E-state index is -0.581. The summed E-state index contributed by atoms with van der Waals surface area (Å²) in [5.74, 6) is 0.317. The van der Waals surface area contributed by atoms with Gasteiger partial charge in [-0.05, 0) is 92.0 Å². The standard InChI is InChI=1S/C29H25N3O4S/c33-26-19(16-18-6-4-14-31-15-5-9-23(26)25(18)31)17-24-27(34)30-29(37)32(28(24)35)20-10-12-22(13-11-20)36-21-7-2-1-3-8-21/h1-3,7-8,10-13,16-17,33H,4-6,9,14-15H2,(H,30,34,37). The van der Waals surface area contributed by atoms with E-state index in [2.05, 4.69) is 10.2 Å². The van der Waals surface area contributed by atoms with E-state index in [4.69, 9.17) is 17.0 Å². The first-order chi connectivity index (χ1) is 18.0. The van der Waals surface area contributed by atoms with Gasteiger partial charge in [-0.25, -0.2) is 0 Å². The van der Waals surface area contributed by atoms with E-state index in [0.29, 0.717) is 22.7 Å². The third-order valence-electron chi connectivity index (χ3n) is 7.00. The van der Waals surface area contributed by atoms with Crippen LogP contribution in [0.2, 0.25) is 0 Å². The largest absolute Gasteiger partial charge is 0.507 e. The summed E-state index contributed by atoms with van der Waals surface area (Å²) in [7, 11) is 0. The van der Waals surface area contributed by atoms with Gasteiger partial charge in [0.15, 0.2) is 5.11 Å². The molecule has 3 aromatic rings. The minimum absolute atomic E-state index is 0.00396. The van der Waals surface area contributed by atoms with Crippen molar-refractivity contribution in [2.75, 3.05) is 22.9 Å². The number of para-hydroxylation sites is 1. The second-order valence-corrected chi connectivity index (χ2v) is 9.75. The summed E-state index contributed by atoms with van der Waals surface area (Å²) in [5.41, 5.74) is 4.08. The van der Waals surface area contributed by atoms with Crippen LogP contribution in [0.4, 0.5) is 11.4 Å². The van der Waals surface area contributed by atoms with Crippen molar-refractivity contribution >= 4 is 46.6 Å². The average molecular weight is 512 g/mol. The van der Waals surface area contributed by atoms with E-state index in [1.165, 1.54) is 11.0 Å². The van der Waals surface area contributed by atoms with Crippen molar-refractivity contribution in [1.82, 2.24) is 5.32 Å².